The summed E-state index contributed by atoms with van der Waals surface area (Å²) in [5.41, 5.74) is 1.37. The summed E-state index contributed by atoms with van der Waals surface area (Å²) in [6.45, 7) is 3.54. The molecule has 0 aliphatic carbocycles. The number of carbonyl (C=O) groups is 1. The Morgan fingerprint density at radius 1 is 1.07 bits per heavy atom. The molecule has 0 bridgehead atoms. The Labute approximate surface area is 155 Å². The van der Waals surface area contributed by atoms with Crippen LogP contribution < -0.4 is 10.2 Å². The summed E-state index contributed by atoms with van der Waals surface area (Å²) in [4.78, 5) is 14.3. The SMILES string of the molecule is O=C(NCCc1ccc(N2CCOCC2)cc1)c1cccc(C(F)(F)F)c1. The molecule has 144 valence electrons. The number of alkyl halides is 3. The number of morpholine rings is 1. The van der Waals surface area contributed by atoms with Gasteiger partial charge >= 0.3 is 6.18 Å². The molecule has 2 aromatic carbocycles. The Morgan fingerprint density at radius 3 is 2.44 bits per heavy atom. The highest BCUT2D eigenvalue weighted by Crippen LogP contribution is 2.29. The number of halogens is 3. The van der Waals surface area contributed by atoms with E-state index < -0.39 is 17.6 Å². The second-order valence-corrected chi connectivity index (χ2v) is 6.35. The Hall–Kier alpha value is -2.54. The molecule has 2 aromatic rings. The van der Waals surface area contributed by atoms with Crippen LogP contribution >= 0.6 is 0 Å². The molecule has 0 spiro atoms. The largest absolute Gasteiger partial charge is 0.416 e. The number of nitrogens with one attached hydrogen (secondary N) is 1. The van der Waals surface area contributed by atoms with E-state index in [2.05, 4.69) is 10.2 Å². The van der Waals surface area contributed by atoms with Gasteiger partial charge in [-0.2, -0.15) is 13.2 Å². The Balaban J connectivity index is 1.51. The molecule has 1 heterocycles. The quantitative estimate of drug-likeness (QED) is 0.866. The lowest BCUT2D eigenvalue weighted by Gasteiger charge is -2.28. The van der Waals surface area contributed by atoms with Crippen LogP contribution in [0.3, 0.4) is 0 Å². The van der Waals surface area contributed by atoms with Crippen molar-refractivity contribution in [2.24, 2.45) is 0 Å². The van der Waals surface area contributed by atoms with Crippen LogP contribution in [0.4, 0.5) is 18.9 Å². The molecule has 0 aromatic heterocycles. The van der Waals surface area contributed by atoms with Gasteiger partial charge in [0.05, 0.1) is 18.8 Å². The van der Waals surface area contributed by atoms with Gasteiger partial charge in [-0.25, -0.2) is 0 Å². The van der Waals surface area contributed by atoms with Crippen LogP contribution in [0.25, 0.3) is 0 Å². The molecular formula is C20H21F3N2O2. The number of ether oxygens (including phenoxy) is 1. The molecule has 1 N–H and O–H groups in total. The topological polar surface area (TPSA) is 41.6 Å². The Morgan fingerprint density at radius 2 is 1.78 bits per heavy atom. The van der Waals surface area contributed by atoms with Crippen molar-refractivity contribution < 1.29 is 22.7 Å². The van der Waals surface area contributed by atoms with Crippen LogP contribution in [0, 0.1) is 0 Å². The molecule has 4 nitrogen and oxygen atoms in total. The minimum absolute atomic E-state index is 0.00694. The first-order valence-corrected chi connectivity index (χ1v) is 8.80. The molecule has 1 aliphatic heterocycles. The van der Waals surface area contributed by atoms with Gasteiger partial charge in [-0.3, -0.25) is 4.79 Å². The van der Waals surface area contributed by atoms with Crippen LogP contribution in [-0.2, 0) is 17.3 Å². The predicted octanol–water partition coefficient (Wildman–Crippen LogP) is 3.51. The number of benzene rings is 2. The van der Waals surface area contributed by atoms with Crippen molar-refractivity contribution in [2.75, 3.05) is 37.7 Å². The maximum Gasteiger partial charge on any atom is 0.416 e. The molecule has 3 rings (SSSR count). The third-order valence-corrected chi connectivity index (χ3v) is 4.46. The summed E-state index contributed by atoms with van der Waals surface area (Å²) in [7, 11) is 0. The summed E-state index contributed by atoms with van der Waals surface area (Å²) in [5, 5.41) is 2.67. The van der Waals surface area contributed by atoms with Crippen LogP contribution in [0.2, 0.25) is 0 Å². The van der Waals surface area contributed by atoms with Gasteiger partial charge in [0.2, 0.25) is 0 Å². The molecule has 0 unspecified atom stereocenters. The zero-order valence-corrected chi connectivity index (χ0v) is 14.8. The highest BCUT2D eigenvalue weighted by Gasteiger charge is 2.30. The van der Waals surface area contributed by atoms with Gasteiger partial charge < -0.3 is 15.0 Å². The number of hydrogen-bond acceptors (Lipinski definition) is 3. The Bertz CT molecular complexity index is 770. The lowest BCUT2D eigenvalue weighted by atomic mass is 10.1. The maximum absolute atomic E-state index is 12.7. The van der Waals surface area contributed by atoms with E-state index in [1.165, 1.54) is 12.1 Å². The zero-order chi connectivity index (χ0) is 19.3. The molecule has 0 saturated carbocycles. The van der Waals surface area contributed by atoms with E-state index in [0.717, 1.165) is 49.7 Å². The smallest absolute Gasteiger partial charge is 0.378 e. The highest BCUT2D eigenvalue weighted by atomic mass is 19.4. The van der Waals surface area contributed by atoms with Crippen molar-refractivity contribution in [2.45, 2.75) is 12.6 Å². The average Bonchev–Trinajstić information content (AvgIpc) is 2.68. The van der Waals surface area contributed by atoms with Crippen molar-refractivity contribution in [3.8, 4) is 0 Å². The summed E-state index contributed by atoms with van der Waals surface area (Å²) in [6, 6.07) is 12.5. The number of hydrogen-bond donors (Lipinski definition) is 1. The second-order valence-electron chi connectivity index (χ2n) is 6.35. The molecule has 7 heteroatoms. The summed E-state index contributed by atoms with van der Waals surface area (Å²) >= 11 is 0. The molecular weight excluding hydrogens is 357 g/mol. The molecule has 27 heavy (non-hydrogen) atoms. The van der Waals surface area contributed by atoms with Crippen molar-refractivity contribution in [3.63, 3.8) is 0 Å². The number of amides is 1. The summed E-state index contributed by atoms with van der Waals surface area (Å²) in [5.74, 6) is -0.508. The maximum atomic E-state index is 12.7. The van der Waals surface area contributed by atoms with E-state index in [1.807, 2.05) is 24.3 Å². The van der Waals surface area contributed by atoms with E-state index in [0.29, 0.717) is 13.0 Å². The van der Waals surface area contributed by atoms with Crippen LogP contribution in [0.5, 0.6) is 0 Å². The second kappa shape index (κ2) is 8.43. The predicted molar refractivity (Wildman–Crippen MR) is 97.0 cm³/mol. The monoisotopic (exact) mass is 378 g/mol. The fraction of sp³-hybridized carbons (Fsp3) is 0.350. The first kappa shape index (κ1) is 19.2. The van der Waals surface area contributed by atoms with Gasteiger partial charge in [-0.05, 0) is 42.3 Å². The van der Waals surface area contributed by atoms with Crippen molar-refractivity contribution >= 4 is 11.6 Å². The molecule has 1 saturated heterocycles. The fourth-order valence-electron chi connectivity index (χ4n) is 2.95. The first-order chi connectivity index (χ1) is 12.9. The van der Waals surface area contributed by atoms with Gasteiger partial charge in [-0.1, -0.05) is 18.2 Å². The number of anilines is 1. The van der Waals surface area contributed by atoms with E-state index in [1.54, 1.807) is 0 Å². The molecule has 1 fully saturated rings. The zero-order valence-electron chi connectivity index (χ0n) is 14.8. The van der Waals surface area contributed by atoms with Gasteiger partial charge in [0.15, 0.2) is 0 Å². The average molecular weight is 378 g/mol. The number of carbonyl (C=O) groups excluding carboxylic acids is 1. The third kappa shape index (κ3) is 5.23. The van der Waals surface area contributed by atoms with Gasteiger partial charge in [0, 0.05) is 30.9 Å². The first-order valence-electron chi connectivity index (χ1n) is 8.80. The lowest BCUT2D eigenvalue weighted by molar-refractivity contribution is -0.137. The van der Waals surface area contributed by atoms with Gasteiger partial charge in [-0.15, -0.1) is 0 Å². The molecule has 1 amide bonds. The normalized spacial score (nSPS) is 14.9. The van der Waals surface area contributed by atoms with Crippen LogP contribution in [0.1, 0.15) is 21.5 Å². The van der Waals surface area contributed by atoms with E-state index in [-0.39, 0.29) is 5.56 Å². The van der Waals surface area contributed by atoms with Crippen molar-refractivity contribution in [3.05, 3.63) is 65.2 Å². The van der Waals surface area contributed by atoms with E-state index >= 15 is 0 Å². The van der Waals surface area contributed by atoms with E-state index in [4.69, 9.17) is 4.74 Å². The van der Waals surface area contributed by atoms with E-state index in [9.17, 15) is 18.0 Å². The molecule has 1 aliphatic rings. The van der Waals surface area contributed by atoms with Gasteiger partial charge in [0.25, 0.3) is 5.91 Å². The minimum atomic E-state index is -4.46. The minimum Gasteiger partial charge on any atom is -0.378 e. The fourth-order valence-corrected chi connectivity index (χ4v) is 2.95. The number of rotatable bonds is 5. The van der Waals surface area contributed by atoms with Gasteiger partial charge in [0.1, 0.15) is 0 Å². The Kier molecular flexibility index (Phi) is 6.01. The summed E-state index contributed by atoms with van der Waals surface area (Å²) in [6.07, 6.45) is -3.85. The molecule has 0 atom stereocenters. The van der Waals surface area contributed by atoms with Crippen molar-refractivity contribution in [1.29, 1.82) is 0 Å². The van der Waals surface area contributed by atoms with Crippen molar-refractivity contribution in [1.82, 2.24) is 5.32 Å². The van der Waals surface area contributed by atoms with Crippen LogP contribution in [-0.4, -0.2) is 38.8 Å². The number of nitrogens with zero attached hydrogens (tertiary/aromatic N) is 1. The third-order valence-electron chi connectivity index (χ3n) is 4.46. The highest BCUT2D eigenvalue weighted by molar-refractivity contribution is 5.94. The summed E-state index contributed by atoms with van der Waals surface area (Å²) < 4.78 is 43.5. The van der Waals surface area contributed by atoms with Crippen LogP contribution in [0.15, 0.2) is 48.5 Å². The molecule has 0 radical (unpaired) electrons. The standard InChI is InChI=1S/C20H21F3N2O2/c21-20(22,23)17-3-1-2-16(14-17)19(26)24-9-8-15-4-6-18(7-5-15)25-10-12-27-13-11-25/h1-7,14H,8-13H2,(H,24,26). The lowest BCUT2D eigenvalue weighted by Crippen LogP contribution is -2.36.